The zero-order chi connectivity index (χ0) is 7.33. The fourth-order valence-corrected chi connectivity index (χ4v) is 1.06. The van der Waals surface area contributed by atoms with Crippen molar-refractivity contribution in [2.45, 2.75) is 40.0 Å². The van der Waals surface area contributed by atoms with Gasteiger partial charge in [0, 0.05) is 0 Å². The van der Waals surface area contributed by atoms with Crippen molar-refractivity contribution in [3.8, 4) is 0 Å². The third kappa shape index (κ3) is 5.77. The summed E-state index contributed by atoms with van der Waals surface area (Å²) in [4.78, 5) is 0. The van der Waals surface area contributed by atoms with Crippen molar-refractivity contribution in [3.63, 3.8) is 0 Å². The summed E-state index contributed by atoms with van der Waals surface area (Å²) < 4.78 is 0. The Balaban J connectivity index is -0.000000107. The molecule has 0 rings (SSSR count). The molecule has 0 heterocycles. The molecule has 3 nitrogen and oxygen atoms in total. The lowest BCUT2D eigenvalue weighted by molar-refractivity contribution is -0.393. The number of rotatable bonds is 4. The van der Waals surface area contributed by atoms with Crippen LogP contribution < -0.4 is 29.8 Å². The van der Waals surface area contributed by atoms with Gasteiger partial charge in [0.25, 0.3) is 0 Å². The average Bonchev–Trinajstić information content (AvgIpc) is 1.95. The minimum absolute atomic E-state index is 0. The van der Waals surface area contributed by atoms with Gasteiger partial charge in [0.1, 0.15) is 0 Å². The molecule has 0 aliphatic carbocycles. The molecule has 0 saturated carbocycles. The monoisotopic (exact) mass is 200 g/mol. The first-order valence-corrected chi connectivity index (χ1v) is 3.82. The molecular weight excluding hydrogens is 176 g/mol. The summed E-state index contributed by atoms with van der Waals surface area (Å²) >= 11 is 0. The minimum atomic E-state index is 0. The van der Waals surface area contributed by atoms with E-state index >= 15 is 0 Å². The molecule has 0 aliphatic heterocycles. The van der Waals surface area contributed by atoms with Crippen LogP contribution in [0.4, 0.5) is 0 Å². The van der Waals surface area contributed by atoms with Gasteiger partial charge < -0.3 is 29.8 Å². The second-order valence-electron chi connectivity index (χ2n) is 2.70. The molecule has 0 aliphatic rings. The summed E-state index contributed by atoms with van der Waals surface area (Å²) in [5.74, 6) is 0. The van der Waals surface area contributed by atoms with Crippen LogP contribution in [-0.4, -0.2) is 6.61 Å². The van der Waals surface area contributed by atoms with Crippen LogP contribution in [0.3, 0.4) is 0 Å². The van der Waals surface area contributed by atoms with Crippen molar-refractivity contribution in [2.75, 3.05) is 6.61 Å². The number of quaternary nitrogens is 2. The van der Waals surface area contributed by atoms with E-state index < -0.39 is 0 Å². The quantitative estimate of drug-likeness (QED) is 0.618. The lowest BCUT2D eigenvalue weighted by Gasteiger charge is -2.33. The highest BCUT2D eigenvalue weighted by molar-refractivity contribution is 4.72. The molecule has 0 aromatic carbocycles. The van der Waals surface area contributed by atoms with Crippen LogP contribution in [0.1, 0.15) is 40.0 Å². The van der Waals surface area contributed by atoms with Crippen molar-refractivity contribution < 1.29 is 17.5 Å². The first kappa shape index (κ1) is 22.7. The molecule has 0 radical (unpaired) electrons. The Morgan fingerprint density at radius 3 is 1.17 bits per heavy atom. The van der Waals surface area contributed by atoms with Gasteiger partial charge in [-0.05, 0) is 5.41 Å². The van der Waals surface area contributed by atoms with E-state index in [1.54, 1.807) is 0 Å². The second-order valence-corrected chi connectivity index (χ2v) is 2.70. The van der Waals surface area contributed by atoms with Crippen molar-refractivity contribution in [3.05, 3.63) is 0 Å². The van der Waals surface area contributed by atoms with E-state index in [4.69, 9.17) is 0 Å². The van der Waals surface area contributed by atoms with E-state index in [2.05, 4.69) is 20.8 Å². The van der Waals surface area contributed by atoms with Gasteiger partial charge in [0.05, 0.1) is 0 Å². The summed E-state index contributed by atoms with van der Waals surface area (Å²) in [6.45, 7) is 6.40. The number of halogens is 1. The first-order chi connectivity index (χ1) is 4.24. The Morgan fingerprint density at radius 1 is 0.917 bits per heavy atom. The number of hydrogen-bond acceptors (Lipinski definition) is 1. The Labute approximate surface area is 82.5 Å². The molecule has 0 bridgehead atoms. The smallest absolute Gasteiger partial charge is 0.0459 e. The van der Waals surface area contributed by atoms with Crippen molar-refractivity contribution in [2.24, 2.45) is 5.41 Å². The maximum absolute atomic E-state index is 10.6. The van der Waals surface area contributed by atoms with Gasteiger partial charge >= 0.3 is 0 Å². The highest BCUT2D eigenvalue weighted by Crippen LogP contribution is 2.27. The fourth-order valence-electron chi connectivity index (χ4n) is 1.06. The SMILES string of the molecule is CCC(CC)(CC)C[O-].[Cl-].[NH4+].[NH4+]. The molecule has 0 unspecified atom stereocenters. The Bertz CT molecular complexity index is 59.9. The predicted molar refractivity (Wildman–Crippen MR) is 50.1 cm³/mol. The summed E-state index contributed by atoms with van der Waals surface area (Å²) in [6, 6.07) is 0. The van der Waals surface area contributed by atoms with Crippen molar-refractivity contribution in [1.29, 1.82) is 0 Å². The number of hydrogen-bond donors (Lipinski definition) is 2. The molecule has 0 saturated heterocycles. The average molecular weight is 201 g/mol. The maximum Gasteiger partial charge on any atom is -0.0459 e. The lowest BCUT2D eigenvalue weighted by Crippen LogP contribution is -3.00. The van der Waals surface area contributed by atoms with E-state index in [0.29, 0.717) is 0 Å². The molecule has 0 aromatic heterocycles. The minimum Gasteiger partial charge on any atom is -1.00 e. The van der Waals surface area contributed by atoms with Crippen LogP contribution in [0, 0.1) is 5.41 Å². The molecule has 8 N–H and O–H groups in total. The zero-order valence-electron chi connectivity index (χ0n) is 9.11. The van der Waals surface area contributed by atoms with Crippen LogP contribution in [0.15, 0.2) is 0 Å². The zero-order valence-corrected chi connectivity index (χ0v) is 9.87. The van der Waals surface area contributed by atoms with Gasteiger partial charge in [-0.2, -0.15) is 0 Å². The van der Waals surface area contributed by atoms with Crippen LogP contribution in [0.5, 0.6) is 0 Å². The molecule has 0 aromatic rings. The van der Waals surface area contributed by atoms with Gasteiger partial charge in [-0.1, -0.05) is 40.0 Å². The van der Waals surface area contributed by atoms with Gasteiger partial charge in [-0.15, -0.1) is 6.61 Å². The largest absolute Gasteiger partial charge is 1.00 e. The molecule has 12 heavy (non-hydrogen) atoms. The summed E-state index contributed by atoms with van der Waals surface area (Å²) in [6.07, 6.45) is 3.09. The Kier molecular flexibility index (Phi) is 21.2. The van der Waals surface area contributed by atoms with Crippen LogP contribution in [0.2, 0.25) is 0 Å². The lowest BCUT2D eigenvalue weighted by atomic mass is 9.81. The summed E-state index contributed by atoms with van der Waals surface area (Å²) in [5, 5.41) is 10.6. The van der Waals surface area contributed by atoms with E-state index in [1.807, 2.05) is 0 Å². The molecular formula is C8H25ClN2O. The Morgan fingerprint density at radius 2 is 1.17 bits per heavy atom. The maximum atomic E-state index is 10.6. The van der Waals surface area contributed by atoms with Gasteiger partial charge in [0.2, 0.25) is 0 Å². The van der Waals surface area contributed by atoms with E-state index in [0.717, 1.165) is 19.3 Å². The molecule has 4 heteroatoms. The highest BCUT2D eigenvalue weighted by Gasteiger charge is 2.17. The standard InChI is InChI=1S/C8H17O.ClH.2H3N/c1-4-8(5-2,6-3)7-9;;;/h4-7H2,1-3H3;1H;2*1H3/q-1;;;/p+1. The fraction of sp³-hybridized carbons (Fsp3) is 1.00. The van der Waals surface area contributed by atoms with Gasteiger partial charge in [-0.25, -0.2) is 0 Å². The third-order valence-electron chi connectivity index (χ3n) is 2.56. The second kappa shape index (κ2) is 11.2. The van der Waals surface area contributed by atoms with Crippen LogP contribution >= 0.6 is 0 Å². The molecule has 0 amide bonds. The highest BCUT2D eigenvalue weighted by atomic mass is 35.5. The van der Waals surface area contributed by atoms with Crippen molar-refractivity contribution in [1.82, 2.24) is 12.3 Å². The van der Waals surface area contributed by atoms with Crippen LogP contribution in [-0.2, 0) is 0 Å². The van der Waals surface area contributed by atoms with Gasteiger partial charge in [-0.3, -0.25) is 0 Å². The molecule has 0 spiro atoms. The molecule has 0 fully saturated rings. The summed E-state index contributed by atoms with van der Waals surface area (Å²) in [5.41, 5.74) is 0.111. The van der Waals surface area contributed by atoms with E-state index in [9.17, 15) is 5.11 Å². The predicted octanol–water partition coefficient (Wildman–Crippen LogP) is -0.680. The first-order valence-electron chi connectivity index (χ1n) is 3.82. The summed E-state index contributed by atoms with van der Waals surface area (Å²) in [7, 11) is 0. The van der Waals surface area contributed by atoms with E-state index in [1.165, 1.54) is 0 Å². The topological polar surface area (TPSA) is 96.1 Å². The third-order valence-corrected chi connectivity index (χ3v) is 2.56. The Hall–Kier alpha value is 0.170. The molecule has 80 valence electrons. The van der Waals surface area contributed by atoms with Gasteiger partial charge in [0.15, 0.2) is 0 Å². The van der Waals surface area contributed by atoms with Crippen molar-refractivity contribution >= 4 is 0 Å². The molecule has 0 atom stereocenters. The normalized spacial score (nSPS) is 9.00. The van der Waals surface area contributed by atoms with E-state index in [-0.39, 0.29) is 36.7 Å². The van der Waals surface area contributed by atoms with Crippen LogP contribution in [0.25, 0.3) is 0 Å².